The third-order valence-electron chi connectivity index (χ3n) is 5.19. The van der Waals surface area contributed by atoms with Crippen LogP contribution in [0.15, 0.2) is 39.9 Å². The number of hydrogen-bond donors (Lipinski definition) is 3. The molecule has 1 fully saturated rings. The van der Waals surface area contributed by atoms with Gasteiger partial charge in [0.25, 0.3) is 5.91 Å². The van der Waals surface area contributed by atoms with Crippen LogP contribution in [0, 0.1) is 6.92 Å². The maximum absolute atomic E-state index is 12.8. The van der Waals surface area contributed by atoms with Crippen molar-refractivity contribution in [3.8, 4) is 0 Å². The van der Waals surface area contributed by atoms with Crippen LogP contribution in [0.4, 0.5) is 5.69 Å². The molecule has 11 nitrogen and oxygen atoms in total. The molecule has 0 radical (unpaired) electrons. The molecule has 4 rings (SSSR count). The number of carboxylic acid groups (broad SMARTS) is 1. The summed E-state index contributed by atoms with van der Waals surface area (Å²) in [5, 5.41) is 25.2. The fourth-order valence-electron chi connectivity index (χ4n) is 3.52. The molecule has 3 heterocycles. The molecule has 0 aliphatic carbocycles. The van der Waals surface area contributed by atoms with Gasteiger partial charge >= 0.3 is 29.6 Å². The van der Waals surface area contributed by atoms with Gasteiger partial charge in [-0.3, -0.25) is 19.3 Å². The minimum Gasteiger partial charge on any atom is -0.543 e. The Hall–Kier alpha value is -1.94. The monoisotopic (exact) mass is 542 g/mol. The number of nitrogens with one attached hydrogen (secondary N) is 2. The van der Waals surface area contributed by atoms with E-state index in [4.69, 9.17) is 5.73 Å². The van der Waals surface area contributed by atoms with E-state index in [1.165, 1.54) is 39.8 Å². The normalized spacial score (nSPS) is 19.7. The second-order valence-corrected chi connectivity index (χ2v) is 10.9. The number of carbonyl (C=O) groups excluding carboxylic acids is 4. The number of thioether (sulfide) groups is 2. The summed E-state index contributed by atoms with van der Waals surface area (Å²) in [5.74, 6) is -1.84. The van der Waals surface area contributed by atoms with Crippen molar-refractivity contribution < 1.29 is 53.8 Å². The molecule has 3 amide bonds. The van der Waals surface area contributed by atoms with E-state index in [0.29, 0.717) is 39.1 Å². The van der Waals surface area contributed by atoms with E-state index in [2.05, 4.69) is 20.8 Å². The third kappa shape index (κ3) is 5.90. The molecule has 1 aromatic heterocycles. The number of fused-ring (bicyclic) bond motifs is 1. The first-order valence-electron chi connectivity index (χ1n) is 9.97. The van der Waals surface area contributed by atoms with Crippen LogP contribution >= 0.6 is 34.9 Å². The number of aliphatic carboxylic acids is 1. The third-order valence-corrected chi connectivity index (χ3v) is 8.59. The first kappa shape index (κ1) is 27.6. The molecule has 35 heavy (non-hydrogen) atoms. The van der Waals surface area contributed by atoms with E-state index in [0.717, 1.165) is 5.01 Å². The van der Waals surface area contributed by atoms with Gasteiger partial charge in [-0.15, -0.1) is 22.0 Å². The topological polar surface area (TPSA) is 170 Å². The standard InChI is InChI=1S/C20H20N6O5S3.Na/c1-9-24-25-20(34-9)33-7-11-6-32-18-14(17(29)26(18)15(11)19(30)31)23-16(28)13(21)10-2-4-12(5-3-10)22-8-27;/h2-5,8,13-14,18H,6-7,21H2,1H3,(H,22,27)(H,23,28)(H,30,31);/q;+1/p-1/t13?,14?,18-;/m1./s1. The summed E-state index contributed by atoms with van der Waals surface area (Å²) in [4.78, 5) is 49.0. The first-order chi connectivity index (χ1) is 16.3. The van der Waals surface area contributed by atoms with E-state index in [9.17, 15) is 24.3 Å². The number of aryl methyl sites for hydroxylation is 1. The zero-order chi connectivity index (χ0) is 24.4. The van der Waals surface area contributed by atoms with Gasteiger partial charge in [0, 0.05) is 17.2 Å². The maximum Gasteiger partial charge on any atom is 1.00 e. The van der Waals surface area contributed by atoms with Crippen molar-refractivity contribution in [3.63, 3.8) is 0 Å². The number of β-lactam (4-membered cyclic amide) rings is 1. The van der Waals surface area contributed by atoms with Crippen LogP contribution in [0.3, 0.4) is 0 Å². The van der Waals surface area contributed by atoms with Gasteiger partial charge in [-0.25, -0.2) is 0 Å². The SMILES string of the molecule is Cc1nnc(SCC2=C(C(=O)[O-])N3C(=O)C(NC(=O)C(N)c4ccc(NC=O)cc4)[C@H]3SC2)s1.[Na+]. The number of benzene rings is 1. The molecule has 0 saturated carbocycles. The van der Waals surface area contributed by atoms with Gasteiger partial charge in [0.05, 0.1) is 11.7 Å². The number of carboxylic acids is 1. The van der Waals surface area contributed by atoms with Crippen molar-refractivity contribution in [2.24, 2.45) is 5.73 Å². The molecule has 4 N–H and O–H groups in total. The van der Waals surface area contributed by atoms with Crippen LogP contribution < -0.4 is 51.0 Å². The Bertz CT molecular complexity index is 1170. The predicted molar refractivity (Wildman–Crippen MR) is 125 cm³/mol. The summed E-state index contributed by atoms with van der Waals surface area (Å²) in [7, 11) is 0. The zero-order valence-corrected chi connectivity index (χ0v) is 23.2. The average Bonchev–Trinajstić information content (AvgIpc) is 3.25. The Balaban J connectivity index is 0.00000342. The molecule has 15 heteroatoms. The van der Waals surface area contributed by atoms with E-state index >= 15 is 0 Å². The second-order valence-electron chi connectivity index (χ2n) is 7.37. The quantitative estimate of drug-likeness (QED) is 0.126. The number of rotatable bonds is 9. The number of aromatic nitrogens is 2. The van der Waals surface area contributed by atoms with Crippen molar-refractivity contribution in [2.45, 2.75) is 28.7 Å². The minimum atomic E-state index is -1.44. The van der Waals surface area contributed by atoms with Crippen LogP contribution in [-0.4, -0.2) is 62.2 Å². The van der Waals surface area contributed by atoms with E-state index in [1.54, 1.807) is 24.3 Å². The summed E-state index contributed by atoms with van der Waals surface area (Å²) in [6.45, 7) is 1.83. The van der Waals surface area contributed by atoms with Crippen LogP contribution in [-0.2, 0) is 19.2 Å². The molecule has 0 bridgehead atoms. The van der Waals surface area contributed by atoms with Crippen molar-refractivity contribution in [1.29, 1.82) is 0 Å². The number of anilines is 1. The summed E-state index contributed by atoms with van der Waals surface area (Å²) in [5.41, 5.74) is 7.48. The molecule has 0 spiro atoms. The molecule has 2 unspecified atom stereocenters. The Labute approximate surface area is 235 Å². The molecule has 2 aromatic rings. The average molecular weight is 543 g/mol. The molecular weight excluding hydrogens is 523 g/mol. The van der Waals surface area contributed by atoms with E-state index in [-0.39, 0.29) is 35.3 Å². The zero-order valence-electron chi connectivity index (χ0n) is 18.7. The fraction of sp³-hybridized carbons (Fsp3) is 0.300. The van der Waals surface area contributed by atoms with Gasteiger partial charge in [0.15, 0.2) is 4.34 Å². The first-order valence-corrected chi connectivity index (χ1v) is 12.8. The predicted octanol–water partition coefficient (Wildman–Crippen LogP) is -3.39. The van der Waals surface area contributed by atoms with Gasteiger partial charge in [-0.05, 0) is 30.2 Å². The Morgan fingerprint density at radius 1 is 1.34 bits per heavy atom. The van der Waals surface area contributed by atoms with Gasteiger partial charge in [0.1, 0.15) is 22.5 Å². The minimum absolute atomic E-state index is 0. The largest absolute Gasteiger partial charge is 1.00 e. The molecule has 1 aromatic carbocycles. The van der Waals surface area contributed by atoms with E-state index < -0.39 is 35.2 Å². The number of amides is 3. The van der Waals surface area contributed by atoms with Crippen molar-refractivity contribution in [2.75, 3.05) is 16.8 Å². The van der Waals surface area contributed by atoms with Crippen molar-refractivity contribution in [3.05, 3.63) is 46.1 Å². The number of carbonyl (C=O) groups is 4. The van der Waals surface area contributed by atoms with Gasteiger partial charge < -0.3 is 26.3 Å². The Morgan fingerprint density at radius 2 is 2.06 bits per heavy atom. The van der Waals surface area contributed by atoms with Crippen LogP contribution in [0.1, 0.15) is 16.6 Å². The second kappa shape index (κ2) is 11.9. The van der Waals surface area contributed by atoms with Gasteiger partial charge in [-0.1, -0.05) is 35.2 Å². The summed E-state index contributed by atoms with van der Waals surface area (Å²) in [6.07, 6.45) is 0.536. The van der Waals surface area contributed by atoms with Crippen molar-refractivity contribution in [1.82, 2.24) is 20.4 Å². The molecule has 3 atom stereocenters. The Morgan fingerprint density at radius 3 is 2.66 bits per heavy atom. The summed E-state index contributed by atoms with van der Waals surface area (Å²) < 4.78 is 0.707. The van der Waals surface area contributed by atoms with Crippen LogP contribution in [0.25, 0.3) is 0 Å². The summed E-state index contributed by atoms with van der Waals surface area (Å²) in [6, 6.07) is 4.46. The van der Waals surface area contributed by atoms with Gasteiger partial charge in [0.2, 0.25) is 12.3 Å². The van der Waals surface area contributed by atoms with Gasteiger partial charge in [-0.2, -0.15) is 0 Å². The Kier molecular flexibility index (Phi) is 9.37. The number of nitrogens with zero attached hydrogens (tertiary/aromatic N) is 3. The van der Waals surface area contributed by atoms with Crippen LogP contribution in [0.2, 0.25) is 0 Å². The number of nitrogens with two attached hydrogens (primary N) is 1. The van der Waals surface area contributed by atoms with E-state index in [1.807, 2.05) is 6.92 Å². The molecule has 2 aliphatic rings. The van der Waals surface area contributed by atoms with Crippen LogP contribution in [0.5, 0.6) is 0 Å². The van der Waals surface area contributed by atoms with Crippen molar-refractivity contribution >= 4 is 64.7 Å². The fourth-order valence-corrected chi connectivity index (χ4v) is 6.82. The smallest absolute Gasteiger partial charge is 0.543 e. The summed E-state index contributed by atoms with van der Waals surface area (Å²) >= 11 is 4.12. The molecule has 2 aliphatic heterocycles. The molecular formula is C20H19N6NaO5S3. The molecule has 1 saturated heterocycles. The number of hydrogen-bond acceptors (Lipinski definition) is 11. The maximum atomic E-state index is 12.8. The molecule has 178 valence electrons.